The zero-order chi connectivity index (χ0) is 26.3. The Hall–Kier alpha value is -3.15. The fourth-order valence-corrected chi connectivity index (χ4v) is 5.00. The molecule has 1 saturated carbocycles. The topological polar surface area (TPSA) is 107 Å². The van der Waals surface area contributed by atoms with Crippen LogP contribution < -0.4 is 15.4 Å². The van der Waals surface area contributed by atoms with Gasteiger partial charge in [0.25, 0.3) is 11.1 Å². The van der Waals surface area contributed by atoms with Crippen molar-refractivity contribution >= 4 is 34.8 Å². The van der Waals surface area contributed by atoms with Gasteiger partial charge in [-0.05, 0) is 55.2 Å². The number of hydrogen-bond donors (Lipinski definition) is 2. The number of thiazole rings is 1. The lowest BCUT2D eigenvalue weighted by atomic mass is 9.77. The molecule has 0 unspecified atom stereocenters. The molecule has 1 aliphatic carbocycles. The lowest BCUT2D eigenvalue weighted by Crippen LogP contribution is -2.28. The number of anilines is 1. The van der Waals surface area contributed by atoms with E-state index in [2.05, 4.69) is 15.6 Å². The molecule has 0 spiro atoms. The van der Waals surface area contributed by atoms with E-state index in [1.165, 1.54) is 7.11 Å². The molecule has 12 heteroatoms. The SMILES string of the molecule is COC(=O)CC1CCC(c2ccc(NC(=O)CCNC(=O)c3sc(OC)nc3C(F)(F)F)cc2)CC1. The zero-order valence-electron chi connectivity index (χ0n) is 19.9. The van der Waals surface area contributed by atoms with Crippen molar-refractivity contribution in [2.24, 2.45) is 5.92 Å². The largest absolute Gasteiger partial charge is 0.473 e. The van der Waals surface area contributed by atoms with Gasteiger partial charge in [0.2, 0.25) is 5.91 Å². The minimum Gasteiger partial charge on any atom is -0.473 e. The molecule has 8 nitrogen and oxygen atoms in total. The number of alkyl halides is 3. The number of rotatable bonds is 9. The summed E-state index contributed by atoms with van der Waals surface area (Å²) in [4.78, 5) is 38.6. The molecule has 0 bridgehead atoms. The van der Waals surface area contributed by atoms with E-state index in [0.29, 0.717) is 35.3 Å². The summed E-state index contributed by atoms with van der Waals surface area (Å²) in [6, 6.07) is 7.51. The molecule has 2 aromatic rings. The van der Waals surface area contributed by atoms with E-state index in [9.17, 15) is 27.6 Å². The second kappa shape index (κ2) is 12.2. The van der Waals surface area contributed by atoms with Crippen molar-refractivity contribution in [1.82, 2.24) is 10.3 Å². The van der Waals surface area contributed by atoms with Crippen LogP contribution in [-0.4, -0.2) is 43.5 Å². The number of hydrogen-bond acceptors (Lipinski definition) is 7. The summed E-state index contributed by atoms with van der Waals surface area (Å²) in [5.74, 6) is -0.782. The van der Waals surface area contributed by atoms with Gasteiger partial charge in [0.05, 0.1) is 14.2 Å². The number of amides is 2. The zero-order valence-corrected chi connectivity index (χ0v) is 20.8. The van der Waals surface area contributed by atoms with Crippen LogP contribution in [0.1, 0.15) is 65.4 Å². The monoisotopic (exact) mass is 527 g/mol. The van der Waals surface area contributed by atoms with Gasteiger partial charge in [0, 0.05) is 25.1 Å². The molecule has 0 saturated heterocycles. The fraction of sp³-hybridized carbons (Fsp3) is 0.500. The minimum absolute atomic E-state index is 0.116. The van der Waals surface area contributed by atoms with Gasteiger partial charge >= 0.3 is 12.1 Å². The van der Waals surface area contributed by atoms with Gasteiger partial charge in [0.15, 0.2) is 5.69 Å². The van der Waals surface area contributed by atoms with E-state index in [1.54, 1.807) is 12.1 Å². The molecule has 36 heavy (non-hydrogen) atoms. The van der Waals surface area contributed by atoms with E-state index in [-0.39, 0.29) is 30.0 Å². The molecule has 2 N–H and O–H groups in total. The average molecular weight is 528 g/mol. The van der Waals surface area contributed by atoms with Crippen LogP contribution in [0.4, 0.5) is 18.9 Å². The van der Waals surface area contributed by atoms with E-state index < -0.39 is 22.7 Å². The van der Waals surface area contributed by atoms with Crippen molar-refractivity contribution in [3.63, 3.8) is 0 Å². The molecule has 0 atom stereocenters. The van der Waals surface area contributed by atoms with Gasteiger partial charge in [-0.25, -0.2) is 0 Å². The van der Waals surface area contributed by atoms with Crippen molar-refractivity contribution in [3.05, 3.63) is 40.4 Å². The highest BCUT2D eigenvalue weighted by Crippen LogP contribution is 2.38. The second-order valence-electron chi connectivity index (χ2n) is 8.53. The normalized spacial score (nSPS) is 17.8. The number of carbonyl (C=O) groups is 3. The third kappa shape index (κ3) is 7.42. The number of ether oxygens (including phenoxy) is 2. The highest BCUT2D eigenvalue weighted by Gasteiger charge is 2.40. The Morgan fingerprint density at radius 1 is 1.08 bits per heavy atom. The number of methoxy groups -OCH3 is 2. The Kier molecular flexibility index (Phi) is 9.30. The van der Waals surface area contributed by atoms with E-state index >= 15 is 0 Å². The Balaban J connectivity index is 1.45. The molecule has 1 aromatic heterocycles. The number of esters is 1. The lowest BCUT2D eigenvalue weighted by molar-refractivity contribution is -0.142. The van der Waals surface area contributed by atoms with Crippen molar-refractivity contribution < 1.29 is 37.0 Å². The number of nitrogens with one attached hydrogen (secondary N) is 2. The first-order valence-corrected chi connectivity index (χ1v) is 12.3. The van der Waals surface area contributed by atoms with E-state index in [4.69, 9.17) is 9.47 Å². The molecule has 3 rings (SSSR count). The van der Waals surface area contributed by atoms with Crippen LogP contribution >= 0.6 is 11.3 Å². The maximum Gasteiger partial charge on any atom is 0.435 e. The van der Waals surface area contributed by atoms with Gasteiger partial charge in [0.1, 0.15) is 4.88 Å². The standard InChI is InChI=1S/C24H28F3N3O5S/c1-34-19(32)13-14-3-5-15(6-4-14)16-7-9-17(10-8-16)29-18(31)11-12-28-22(33)20-21(24(25,26)27)30-23(35-2)36-20/h7-10,14-15H,3-6,11-13H2,1-2H3,(H,28,33)(H,29,31). The number of halogens is 3. The third-order valence-corrected chi connectivity index (χ3v) is 7.11. The maximum absolute atomic E-state index is 13.1. The molecular weight excluding hydrogens is 499 g/mol. The summed E-state index contributed by atoms with van der Waals surface area (Å²) < 4.78 is 48.8. The summed E-state index contributed by atoms with van der Waals surface area (Å²) in [6.07, 6.45) is -0.577. The van der Waals surface area contributed by atoms with E-state index in [0.717, 1.165) is 38.4 Å². The van der Waals surface area contributed by atoms with Crippen LogP contribution in [-0.2, 0) is 20.5 Å². The molecule has 196 valence electrons. The first-order valence-electron chi connectivity index (χ1n) is 11.5. The summed E-state index contributed by atoms with van der Waals surface area (Å²) >= 11 is 0.486. The van der Waals surface area contributed by atoms with Gasteiger partial charge in [-0.3, -0.25) is 14.4 Å². The second-order valence-corrected chi connectivity index (χ2v) is 9.49. The molecule has 1 aliphatic rings. The summed E-state index contributed by atoms with van der Waals surface area (Å²) in [7, 11) is 2.56. The highest BCUT2D eigenvalue weighted by molar-refractivity contribution is 7.15. The van der Waals surface area contributed by atoms with Gasteiger partial charge < -0.3 is 20.1 Å². The van der Waals surface area contributed by atoms with Crippen molar-refractivity contribution in [1.29, 1.82) is 0 Å². The van der Waals surface area contributed by atoms with Crippen LogP contribution in [0, 0.1) is 5.92 Å². The highest BCUT2D eigenvalue weighted by atomic mass is 32.1. The summed E-state index contributed by atoms with van der Waals surface area (Å²) in [5, 5.41) is 4.77. The van der Waals surface area contributed by atoms with Crippen molar-refractivity contribution in [2.45, 2.75) is 50.6 Å². The van der Waals surface area contributed by atoms with Crippen LogP contribution in [0.2, 0.25) is 0 Å². The predicted molar refractivity (Wildman–Crippen MR) is 127 cm³/mol. The quantitative estimate of drug-likeness (QED) is 0.455. The van der Waals surface area contributed by atoms with E-state index in [1.807, 2.05) is 12.1 Å². The van der Waals surface area contributed by atoms with Crippen molar-refractivity contribution in [2.75, 3.05) is 26.1 Å². The predicted octanol–water partition coefficient (Wildman–Crippen LogP) is 4.77. The molecule has 0 aliphatic heterocycles. The number of nitrogens with zero attached hydrogens (tertiary/aromatic N) is 1. The molecule has 0 radical (unpaired) electrons. The Labute approximate surface area is 210 Å². The Morgan fingerprint density at radius 2 is 1.75 bits per heavy atom. The first-order chi connectivity index (χ1) is 17.1. The third-order valence-electron chi connectivity index (χ3n) is 6.09. The van der Waals surface area contributed by atoms with Gasteiger partial charge in [-0.1, -0.05) is 23.5 Å². The Morgan fingerprint density at radius 3 is 2.33 bits per heavy atom. The minimum atomic E-state index is -4.80. The first kappa shape index (κ1) is 27.4. The van der Waals surface area contributed by atoms with Gasteiger partial charge in [-0.2, -0.15) is 18.2 Å². The lowest BCUT2D eigenvalue weighted by Gasteiger charge is -2.28. The fourth-order valence-electron chi connectivity index (χ4n) is 4.18. The van der Waals surface area contributed by atoms with Crippen LogP contribution in [0.15, 0.2) is 24.3 Å². The molecule has 1 fully saturated rings. The molecule has 1 heterocycles. The smallest absolute Gasteiger partial charge is 0.435 e. The number of aromatic nitrogens is 1. The van der Waals surface area contributed by atoms with Crippen LogP contribution in [0.5, 0.6) is 5.19 Å². The summed E-state index contributed by atoms with van der Waals surface area (Å²) in [6.45, 7) is -0.144. The molecular formula is C24H28F3N3O5S. The average Bonchev–Trinajstić information content (AvgIpc) is 3.30. The number of benzene rings is 1. The van der Waals surface area contributed by atoms with Crippen molar-refractivity contribution in [3.8, 4) is 5.19 Å². The van der Waals surface area contributed by atoms with Crippen LogP contribution in [0.3, 0.4) is 0 Å². The molecule has 2 amide bonds. The van der Waals surface area contributed by atoms with Crippen LogP contribution in [0.25, 0.3) is 0 Å². The molecule has 1 aromatic carbocycles. The maximum atomic E-state index is 13.1. The summed E-state index contributed by atoms with van der Waals surface area (Å²) in [5.41, 5.74) is 0.432. The number of carbonyl (C=O) groups excluding carboxylic acids is 3. The van der Waals surface area contributed by atoms with Gasteiger partial charge in [-0.15, -0.1) is 0 Å². The Bertz CT molecular complexity index is 1060.